The molecule has 0 bridgehead atoms. The Kier molecular flexibility index (Phi) is 4.09. The molecule has 100 valence electrons. The molecule has 2 fully saturated rings. The van der Waals surface area contributed by atoms with E-state index in [0.29, 0.717) is 5.54 Å². The fraction of sp³-hybridized carbons (Fsp3) is 0.714. The molecule has 0 atom stereocenters. The SMILES string of the molecule is Brc1csc(CN2CCNC3(CCCCC3)C2)c1. The first-order valence-corrected chi connectivity index (χ1v) is 8.63. The van der Waals surface area contributed by atoms with Crippen LogP contribution >= 0.6 is 27.3 Å². The zero-order valence-electron chi connectivity index (χ0n) is 10.8. The Morgan fingerprint density at radius 3 is 2.89 bits per heavy atom. The van der Waals surface area contributed by atoms with Crippen LogP contribution in [0.2, 0.25) is 0 Å². The number of nitrogens with zero attached hydrogens (tertiary/aromatic N) is 1. The van der Waals surface area contributed by atoms with Gasteiger partial charge in [-0.2, -0.15) is 0 Å². The van der Waals surface area contributed by atoms with Gasteiger partial charge in [0.1, 0.15) is 0 Å². The van der Waals surface area contributed by atoms with Gasteiger partial charge in [0.2, 0.25) is 0 Å². The summed E-state index contributed by atoms with van der Waals surface area (Å²) in [4.78, 5) is 4.12. The summed E-state index contributed by atoms with van der Waals surface area (Å²) in [6, 6.07) is 2.26. The lowest BCUT2D eigenvalue weighted by Crippen LogP contribution is -2.60. The van der Waals surface area contributed by atoms with Crippen molar-refractivity contribution in [1.29, 1.82) is 0 Å². The number of rotatable bonds is 2. The van der Waals surface area contributed by atoms with Crippen LogP contribution in [0.1, 0.15) is 37.0 Å². The van der Waals surface area contributed by atoms with E-state index in [1.807, 2.05) is 11.3 Å². The minimum Gasteiger partial charge on any atom is -0.309 e. The van der Waals surface area contributed by atoms with Gasteiger partial charge in [-0.3, -0.25) is 4.90 Å². The highest BCUT2D eigenvalue weighted by molar-refractivity contribution is 9.10. The largest absolute Gasteiger partial charge is 0.309 e. The molecular formula is C14H21BrN2S. The van der Waals surface area contributed by atoms with Crippen LogP contribution in [0.5, 0.6) is 0 Å². The van der Waals surface area contributed by atoms with Gasteiger partial charge in [-0.05, 0) is 34.8 Å². The fourth-order valence-electron chi connectivity index (χ4n) is 3.40. The number of hydrogen-bond acceptors (Lipinski definition) is 3. The van der Waals surface area contributed by atoms with E-state index in [0.717, 1.165) is 13.1 Å². The van der Waals surface area contributed by atoms with Crippen LogP contribution in [0.4, 0.5) is 0 Å². The van der Waals surface area contributed by atoms with E-state index in [9.17, 15) is 0 Å². The van der Waals surface area contributed by atoms with Crippen molar-refractivity contribution in [1.82, 2.24) is 10.2 Å². The molecule has 1 aliphatic carbocycles. The van der Waals surface area contributed by atoms with Crippen LogP contribution in [0.15, 0.2) is 15.9 Å². The van der Waals surface area contributed by atoms with Gasteiger partial charge >= 0.3 is 0 Å². The lowest BCUT2D eigenvalue weighted by atomic mass is 9.80. The van der Waals surface area contributed by atoms with Gasteiger partial charge in [-0.15, -0.1) is 11.3 Å². The second-order valence-electron chi connectivity index (χ2n) is 5.71. The summed E-state index contributed by atoms with van der Waals surface area (Å²) < 4.78 is 1.23. The molecule has 1 saturated heterocycles. The van der Waals surface area contributed by atoms with Crippen LogP contribution in [0, 0.1) is 0 Å². The van der Waals surface area contributed by atoms with Crippen LogP contribution in [-0.4, -0.2) is 30.1 Å². The zero-order chi connectivity index (χ0) is 12.4. The first kappa shape index (κ1) is 13.1. The van der Waals surface area contributed by atoms with Gasteiger partial charge in [-0.25, -0.2) is 0 Å². The van der Waals surface area contributed by atoms with Crippen molar-refractivity contribution in [3.63, 3.8) is 0 Å². The fourth-order valence-corrected chi connectivity index (χ4v) is 4.89. The Labute approximate surface area is 122 Å². The van der Waals surface area contributed by atoms with Gasteiger partial charge in [0.25, 0.3) is 0 Å². The molecule has 0 unspecified atom stereocenters. The van der Waals surface area contributed by atoms with Crippen molar-refractivity contribution in [2.45, 2.75) is 44.2 Å². The molecule has 0 aromatic carbocycles. The van der Waals surface area contributed by atoms with E-state index < -0.39 is 0 Å². The van der Waals surface area contributed by atoms with Gasteiger partial charge in [0.15, 0.2) is 0 Å². The molecule has 1 aromatic rings. The Morgan fingerprint density at radius 2 is 2.17 bits per heavy atom. The van der Waals surface area contributed by atoms with Crippen molar-refractivity contribution >= 4 is 27.3 Å². The second-order valence-corrected chi connectivity index (χ2v) is 7.62. The normalized spacial score (nSPS) is 24.5. The average Bonchev–Trinajstić information content (AvgIpc) is 2.76. The number of nitrogens with one attached hydrogen (secondary N) is 1. The summed E-state index contributed by atoms with van der Waals surface area (Å²) in [5, 5.41) is 6.00. The third kappa shape index (κ3) is 2.98. The molecule has 1 saturated carbocycles. The standard InChI is InChI=1S/C14H21BrN2S/c15-12-8-13(18-10-12)9-17-7-6-16-14(11-17)4-2-1-3-5-14/h8,10,16H,1-7,9,11H2. The molecule has 2 nitrogen and oxygen atoms in total. The van der Waals surface area contributed by atoms with Gasteiger partial charge in [0, 0.05) is 46.4 Å². The summed E-state index contributed by atoms with van der Waals surface area (Å²) in [5.41, 5.74) is 0.436. The van der Waals surface area contributed by atoms with Crippen molar-refractivity contribution in [3.8, 4) is 0 Å². The topological polar surface area (TPSA) is 15.3 Å². The highest BCUT2D eigenvalue weighted by atomic mass is 79.9. The van der Waals surface area contributed by atoms with Crippen molar-refractivity contribution in [2.24, 2.45) is 0 Å². The van der Waals surface area contributed by atoms with E-state index in [-0.39, 0.29) is 0 Å². The van der Waals surface area contributed by atoms with Crippen molar-refractivity contribution < 1.29 is 0 Å². The predicted octanol–water partition coefficient (Wildman–Crippen LogP) is 3.62. The molecule has 1 spiro atoms. The van der Waals surface area contributed by atoms with Crippen LogP contribution < -0.4 is 5.32 Å². The molecule has 3 rings (SSSR count). The first-order chi connectivity index (χ1) is 8.76. The molecule has 1 aromatic heterocycles. The molecule has 2 aliphatic rings. The first-order valence-electron chi connectivity index (χ1n) is 6.96. The Morgan fingerprint density at radius 1 is 1.33 bits per heavy atom. The monoisotopic (exact) mass is 328 g/mol. The van der Waals surface area contributed by atoms with Gasteiger partial charge < -0.3 is 5.32 Å². The summed E-state index contributed by atoms with van der Waals surface area (Å²) in [6.45, 7) is 4.71. The average molecular weight is 329 g/mol. The third-order valence-electron chi connectivity index (χ3n) is 4.27. The van der Waals surface area contributed by atoms with E-state index in [1.165, 1.54) is 54.5 Å². The van der Waals surface area contributed by atoms with E-state index >= 15 is 0 Å². The molecule has 1 aliphatic heterocycles. The lowest BCUT2D eigenvalue weighted by Gasteiger charge is -2.46. The van der Waals surface area contributed by atoms with Crippen molar-refractivity contribution in [2.75, 3.05) is 19.6 Å². The van der Waals surface area contributed by atoms with Gasteiger partial charge in [-0.1, -0.05) is 19.3 Å². The van der Waals surface area contributed by atoms with E-state index in [2.05, 4.69) is 37.6 Å². The Bertz CT molecular complexity index is 393. The summed E-state index contributed by atoms with van der Waals surface area (Å²) in [7, 11) is 0. The molecule has 0 radical (unpaired) electrons. The minimum absolute atomic E-state index is 0.436. The zero-order valence-corrected chi connectivity index (χ0v) is 13.2. The maximum atomic E-state index is 3.81. The molecule has 4 heteroatoms. The molecule has 0 amide bonds. The van der Waals surface area contributed by atoms with Gasteiger partial charge in [0.05, 0.1) is 0 Å². The van der Waals surface area contributed by atoms with E-state index in [1.54, 1.807) is 0 Å². The molecule has 2 heterocycles. The van der Waals surface area contributed by atoms with Crippen LogP contribution in [0.25, 0.3) is 0 Å². The smallest absolute Gasteiger partial charge is 0.0329 e. The van der Waals surface area contributed by atoms with E-state index in [4.69, 9.17) is 0 Å². The predicted molar refractivity (Wildman–Crippen MR) is 81.1 cm³/mol. The minimum atomic E-state index is 0.436. The highest BCUT2D eigenvalue weighted by Crippen LogP contribution is 2.31. The lowest BCUT2D eigenvalue weighted by molar-refractivity contribution is 0.0952. The third-order valence-corrected chi connectivity index (χ3v) is 5.95. The summed E-state index contributed by atoms with van der Waals surface area (Å²) in [5.74, 6) is 0. The summed E-state index contributed by atoms with van der Waals surface area (Å²) in [6.07, 6.45) is 6.99. The maximum absolute atomic E-state index is 3.81. The second kappa shape index (κ2) is 5.61. The van der Waals surface area contributed by atoms with Crippen molar-refractivity contribution in [3.05, 3.63) is 20.8 Å². The number of halogens is 1. The molecule has 18 heavy (non-hydrogen) atoms. The maximum Gasteiger partial charge on any atom is 0.0329 e. The number of piperazine rings is 1. The quantitative estimate of drug-likeness (QED) is 0.891. The highest BCUT2D eigenvalue weighted by Gasteiger charge is 2.35. The molecule has 1 N–H and O–H groups in total. The summed E-state index contributed by atoms with van der Waals surface area (Å²) >= 11 is 5.42. The number of hydrogen-bond donors (Lipinski definition) is 1. The van der Waals surface area contributed by atoms with Crippen LogP contribution in [0.3, 0.4) is 0 Å². The van der Waals surface area contributed by atoms with Crippen LogP contribution in [-0.2, 0) is 6.54 Å². The number of thiophene rings is 1. The Hall–Kier alpha value is 0.1000. The Balaban J connectivity index is 1.63. The molecular weight excluding hydrogens is 308 g/mol.